The van der Waals surface area contributed by atoms with Crippen LogP contribution in [-0.4, -0.2) is 37.5 Å². The number of likely N-dealkylation sites (tertiary alicyclic amines) is 1. The van der Waals surface area contributed by atoms with E-state index >= 15 is 0 Å². The van der Waals surface area contributed by atoms with Crippen LogP contribution in [0.25, 0.3) is 0 Å². The number of carbonyl (C=O) groups is 1. The third kappa shape index (κ3) is 5.27. The number of furan rings is 1. The molecule has 1 atom stereocenters. The van der Waals surface area contributed by atoms with Crippen LogP contribution in [-0.2, 0) is 5.75 Å². The number of halogens is 1. The number of nitrogens with one attached hydrogen (secondary N) is 1. The lowest BCUT2D eigenvalue weighted by molar-refractivity contribution is 0.0641. The molecule has 1 N–H and O–H groups in total. The number of hydrogen-bond acceptors (Lipinski definition) is 4. The van der Waals surface area contributed by atoms with E-state index in [1.165, 1.54) is 11.3 Å². The third-order valence-electron chi connectivity index (χ3n) is 4.38. The van der Waals surface area contributed by atoms with Crippen molar-refractivity contribution in [2.75, 3.05) is 26.7 Å². The Hall–Kier alpha value is -1.43. The molecular weight excluding hydrogens is 356 g/mol. The summed E-state index contributed by atoms with van der Waals surface area (Å²) in [6.45, 7) is 2.59. The summed E-state index contributed by atoms with van der Waals surface area (Å²) in [4.78, 5) is 16.0. The van der Waals surface area contributed by atoms with Gasteiger partial charge in [0, 0.05) is 29.3 Å². The Bertz CT molecular complexity index is 660. The summed E-state index contributed by atoms with van der Waals surface area (Å²) in [6, 6.07) is 12.1. The fourth-order valence-electron chi connectivity index (χ4n) is 3.16. The lowest BCUT2D eigenvalue weighted by atomic mass is 9.97. The Morgan fingerprint density at radius 1 is 1.32 bits per heavy atom. The van der Waals surface area contributed by atoms with Gasteiger partial charge in [0.15, 0.2) is 5.76 Å². The first-order valence-corrected chi connectivity index (χ1v) is 9.44. The van der Waals surface area contributed by atoms with Gasteiger partial charge in [0.1, 0.15) is 0 Å². The van der Waals surface area contributed by atoms with E-state index in [0.29, 0.717) is 11.7 Å². The molecule has 25 heavy (non-hydrogen) atoms. The van der Waals surface area contributed by atoms with Crippen molar-refractivity contribution in [3.63, 3.8) is 0 Å². The summed E-state index contributed by atoms with van der Waals surface area (Å²) in [7, 11) is 1.96. The van der Waals surface area contributed by atoms with Crippen molar-refractivity contribution < 1.29 is 9.21 Å². The minimum absolute atomic E-state index is 0. The predicted molar refractivity (Wildman–Crippen MR) is 105 cm³/mol. The number of benzene rings is 1. The summed E-state index contributed by atoms with van der Waals surface area (Å²) >= 11 is 1.72. The Morgan fingerprint density at radius 2 is 2.12 bits per heavy atom. The zero-order valence-electron chi connectivity index (χ0n) is 14.4. The fourth-order valence-corrected chi connectivity index (χ4v) is 4.06. The van der Waals surface area contributed by atoms with E-state index in [2.05, 4.69) is 17.4 Å². The first kappa shape index (κ1) is 19.9. The van der Waals surface area contributed by atoms with Gasteiger partial charge >= 0.3 is 0 Å². The zero-order chi connectivity index (χ0) is 16.8. The van der Waals surface area contributed by atoms with E-state index in [1.54, 1.807) is 18.0 Å². The van der Waals surface area contributed by atoms with Gasteiger partial charge in [-0.15, -0.1) is 24.2 Å². The molecule has 2 aromatic rings. The molecule has 1 aromatic heterocycles. The van der Waals surface area contributed by atoms with Crippen LogP contribution in [0.5, 0.6) is 0 Å². The second kappa shape index (κ2) is 9.90. The Kier molecular flexibility index (Phi) is 7.88. The minimum atomic E-state index is 0. The van der Waals surface area contributed by atoms with Gasteiger partial charge in [-0.2, -0.15) is 0 Å². The molecule has 6 heteroatoms. The molecule has 0 aliphatic carbocycles. The monoisotopic (exact) mass is 380 g/mol. The van der Waals surface area contributed by atoms with E-state index in [1.807, 2.05) is 36.2 Å². The number of carbonyl (C=O) groups excluding carboxylic acids is 1. The highest BCUT2D eigenvalue weighted by molar-refractivity contribution is 7.98. The third-order valence-corrected chi connectivity index (χ3v) is 5.44. The van der Waals surface area contributed by atoms with Crippen molar-refractivity contribution in [3.8, 4) is 0 Å². The van der Waals surface area contributed by atoms with Crippen molar-refractivity contribution in [2.45, 2.75) is 23.5 Å². The molecule has 1 amide bonds. The van der Waals surface area contributed by atoms with Gasteiger partial charge in [0.05, 0.1) is 6.26 Å². The topological polar surface area (TPSA) is 45.5 Å². The van der Waals surface area contributed by atoms with Crippen LogP contribution in [0.2, 0.25) is 0 Å². The molecule has 1 aliphatic rings. The van der Waals surface area contributed by atoms with E-state index in [0.717, 1.165) is 37.4 Å². The largest absolute Gasteiger partial charge is 0.459 e. The number of hydrogen-bond donors (Lipinski definition) is 1. The van der Waals surface area contributed by atoms with Crippen molar-refractivity contribution in [2.24, 2.45) is 5.92 Å². The summed E-state index contributed by atoms with van der Waals surface area (Å²) in [5.41, 5.74) is 0.976. The van der Waals surface area contributed by atoms with Crippen LogP contribution >= 0.6 is 24.2 Å². The van der Waals surface area contributed by atoms with Gasteiger partial charge in [-0.25, -0.2) is 0 Å². The highest BCUT2D eigenvalue weighted by Crippen LogP contribution is 2.26. The highest BCUT2D eigenvalue weighted by atomic mass is 35.5. The molecule has 1 aromatic carbocycles. The van der Waals surface area contributed by atoms with Crippen LogP contribution in [0.3, 0.4) is 0 Å². The maximum absolute atomic E-state index is 12.8. The van der Waals surface area contributed by atoms with Gasteiger partial charge in [0.2, 0.25) is 0 Å². The van der Waals surface area contributed by atoms with Crippen LogP contribution in [0.15, 0.2) is 52.0 Å². The van der Waals surface area contributed by atoms with E-state index in [-0.39, 0.29) is 18.3 Å². The van der Waals surface area contributed by atoms with Gasteiger partial charge in [-0.1, -0.05) is 18.2 Å². The van der Waals surface area contributed by atoms with E-state index in [4.69, 9.17) is 4.42 Å². The average molecular weight is 381 g/mol. The second-order valence-electron chi connectivity index (χ2n) is 6.19. The lowest BCUT2D eigenvalue weighted by Gasteiger charge is -2.32. The molecule has 136 valence electrons. The maximum Gasteiger partial charge on any atom is 0.289 e. The Morgan fingerprint density at radius 3 is 2.88 bits per heavy atom. The molecule has 1 fully saturated rings. The lowest BCUT2D eigenvalue weighted by Crippen LogP contribution is -2.42. The fraction of sp³-hybridized carbons (Fsp3) is 0.421. The van der Waals surface area contributed by atoms with Gasteiger partial charge in [0.25, 0.3) is 5.91 Å². The Balaban J connectivity index is 0.00000225. The van der Waals surface area contributed by atoms with Crippen molar-refractivity contribution in [1.29, 1.82) is 0 Å². The normalized spacial score (nSPS) is 17.2. The molecule has 1 unspecified atom stereocenters. The molecule has 0 bridgehead atoms. The van der Waals surface area contributed by atoms with E-state index in [9.17, 15) is 4.79 Å². The summed E-state index contributed by atoms with van der Waals surface area (Å²) < 4.78 is 5.54. The summed E-state index contributed by atoms with van der Waals surface area (Å²) in [5.74, 6) is 1.81. The molecule has 0 radical (unpaired) electrons. The first-order valence-electron chi connectivity index (χ1n) is 8.46. The maximum atomic E-state index is 12.8. The molecule has 2 heterocycles. The summed E-state index contributed by atoms with van der Waals surface area (Å²) in [5, 5.41) is 3.22. The number of thioether (sulfide) groups is 1. The van der Waals surface area contributed by atoms with Gasteiger partial charge < -0.3 is 14.6 Å². The van der Waals surface area contributed by atoms with Crippen LogP contribution in [0.4, 0.5) is 0 Å². The number of rotatable bonds is 6. The Labute approximate surface area is 159 Å². The van der Waals surface area contributed by atoms with Gasteiger partial charge in [-0.3, -0.25) is 4.79 Å². The molecule has 1 saturated heterocycles. The molecule has 1 aliphatic heterocycles. The quantitative estimate of drug-likeness (QED) is 0.767. The summed E-state index contributed by atoms with van der Waals surface area (Å²) in [6.07, 6.45) is 3.87. The zero-order valence-corrected chi connectivity index (χ0v) is 16.1. The standard InChI is InChI=1S/C19H24N2O2S.ClH/c1-20-12-15-6-5-10-21(13-15)19(22)18-16(9-11-23-18)14-24-17-7-3-2-4-8-17;/h2-4,7-9,11,15,20H,5-6,10,12-14H2,1H3;1H. The number of piperidine rings is 1. The van der Waals surface area contributed by atoms with E-state index < -0.39 is 0 Å². The van der Waals surface area contributed by atoms with Crippen molar-refractivity contribution in [1.82, 2.24) is 10.2 Å². The highest BCUT2D eigenvalue weighted by Gasteiger charge is 2.27. The average Bonchev–Trinajstić information content (AvgIpc) is 3.09. The van der Waals surface area contributed by atoms with Crippen LogP contribution in [0.1, 0.15) is 29.0 Å². The number of amides is 1. The predicted octanol–water partition coefficient (Wildman–Crippen LogP) is 4.07. The molecule has 0 spiro atoms. The first-order chi connectivity index (χ1) is 11.8. The van der Waals surface area contributed by atoms with Crippen molar-refractivity contribution in [3.05, 3.63) is 54.0 Å². The molecular formula is C19H25ClN2O2S. The second-order valence-corrected chi connectivity index (χ2v) is 7.24. The SMILES string of the molecule is CNCC1CCCN(C(=O)c2occc2CSc2ccccc2)C1.Cl. The molecule has 0 saturated carbocycles. The van der Waals surface area contributed by atoms with Crippen LogP contribution < -0.4 is 5.32 Å². The molecule has 3 rings (SSSR count). The number of nitrogens with zero attached hydrogens (tertiary/aromatic N) is 1. The minimum Gasteiger partial charge on any atom is -0.459 e. The van der Waals surface area contributed by atoms with Gasteiger partial charge in [-0.05, 0) is 50.6 Å². The van der Waals surface area contributed by atoms with Crippen molar-refractivity contribution >= 4 is 30.1 Å². The van der Waals surface area contributed by atoms with Crippen LogP contribution in [0, 0.1) is 5.92 Å². The smallest absolute Gasteiger partial charge is 0.289 e. The molecule has 4 nitrogen and oxygen atoms in total.